The van der Waals surface area contributed by atoms with Gasteiger partial charge in [0.25, 0.3) is 0 Å². The fourth-order valence-corrected chi connectivity index (χ4v) is 1.97. The number of nitrogens with one attached hydrogen (secondary N) is 3. The fourth-order valence-electron chi connectivity index (χ4n) is 1.97. The molecule has 0 aromatic rings. The Morgan fingerprint density at radius 3 is 2.31 bits per heavy atom. The molecule has 9 nitrogen and oxygen atoms in total. The van der Waals surface area contributed by atoms with Crippen molar-refractivity contribution in [3.8, 4) is 0 Å². The van der Waals surface area contributed by atoms with Crippen molar-refractivity contribution in [2.75, 3.05) is 20.2 Å². The van der Waals surface area contributed by atoms with E-state index < -0.39 is 17.8 Å². The SMILES string of the molecule is CCC(CCCCCNC(=O)CONC(=O)OC(C)(C)C)OC(=O)NC. The van der Waals surface area contributed by atoms with Crippen molar-refractivity contribution in [2.45, 2.75) is 71.5 Å². The maximum atomic E-state index is 11.6. The lowest BCUT2D eigenvalue weighted by Gasteiger charge is -2.19. The molecule has 0 bridgehead atoms. The second-order valence-electron chi connectivity index (χ2n) is 6.78. The van der Waals surface area contributed by atoms with E-state index in [1.165, 1.54) is 7.05 Å². The average molecular weight is 375 g/mol. The zero-order valence-corrected chi connectivity index (χ0v) is 16.5. The zero-order valence-electron chi connectivity index (χ0n) is 16.5. The molecule has 3 N–H and O–H groups in total. The number of hydrogen-bond acceptors (Lipinski definition) is 6. The van der Waals surface area contributed by atoms with E-state index in [9.17, 15) is 14.4 Å². The van der Waals surface area contributed by atoms with Crippen molar-refractivity contribution in [3.05, 3.63) is 0 Å². The first-order valence-electron chi connectivity index (χ1n) is 8.93. The molecule has 1 atom stereocenters. The Balaban J connectivity index is 3.65. The summed E-state index contributed by atoms with van der Waals surface area (Å²) in [5.74, 6) is -0.324. The third-order valence-corrected chi connectivity index (χ3v) is 3.22. The molecule has 0 aliphatic carbocycles. The van der Waals surface area contributed by atoms with E-state index in [1.807, 2.05) is 6.92 Å². The number of hydroxylamine groups is 1. The Morgan fingerprint density at radius 2 is 1.73 bits per heavy atom. The molecule has 0 radical (unpaired) electrons. The molecule has 0 aliphatic rings. The van der Waals surface area contributed by atoms with Gasteiger partial charge in [-0.15, -0.1) is 0 Å². The maximum Gasteiger partial charge on any atom is 0.431 e. The number of carbonyl (C=O) groups is 3. The number of carbonyl (C=O) groups excluding carboxylic acids is 3. The van der Waals surface area contributed by atoms with E-state index in [2.05, 4.69) is 16.1 Å². The molecular weight excluding hydrogens is 342 g/mol. The van der Waals surface area contributed by atoms with E-state index in [-0.39, 0.29) is 18.6 Å². The van der Waals surface area contributed by atoms with E-state index in [0.29, 0.717) is 6.54 Å². The van der Waals surface area contributed by atoms with Crippen molar-refractivity contribution >= 4 is 18.1 Å². The molecular formula is C17H33N3O6. The zero-order chi connectivity index (χ0) is 20.0. The van der Waals surface area contributed by atoms with E-state index in [4.69, 9.17) is 14.3 Å². The molecule has 1 unspecified atom stereocenters. The molecule has 0 saturated heterocycles. The second-order valence-corrected chi connectivity index (χ2v) is 6.78. The van der Waals surface area contributed by atoms with Crippen LogP contribution in [0.5, 0.6) is 0 Å². The van der Waals surface area contributed by atoms with Gasteiger partial charge in [-0.05, 0) is 46.5 Å². The molecule has 3 amide bonds. The molecule has 0 rings (SSSR count). The Hall–Kier alpha value is -2.03. The highest BCUT2D eigenvalue weighted by molar-refractivity contribution is 5.77. The molecule has 0 aromatic heterocycles. The number of hydrogen-bond donors (Lipinski definition) is 3. The van der Waals surface area contributed by atoms with Crippen molar-refractivity contribution in [3.63, 3.8) is 0 Å². The minimum absolute atomic E-state index is 0.0862. The summed E-state index contributed by atoms with van der Waals surface area (Å²) in [6, 6.07) is 0. The Morgan fingerprint density at radius 1 is 1.04 bits per heavy atom. The number of amides is 3. The number of rotatable bonds is 11. The van der Waals surface area contributed by atoms with Crippen LogP contribution in [0.4, 0.5) is 9.59 Å². The van der Waals surface area contributed by atoms with Crippen molar-refractivity contribution in [2.24, 2.45) is 0 Å². The summed E-state index contributed by atoms with van der Waals surface area (Å²) >= 11 is 0. The molecule has 0 aliphatic heterocycles. The quantitative estimate of drug-likeness (QED) is 0.377. The van der Waals surface area contributed by atoms with Gasteiger partial charge in [-0.2, -0.15) is 5.48 Å². The van der Waals surface area contributed by atoms with E-state index in [1.54, 1.807) is 20.8 Å². The summed E-state index contributed by atoms with van der Waals surface area (Å²) in [6.07, 6.45) is 2.94. The van der Waals surface area contributed by atoms with Gasteiger partial charge in [-0.1, -0.05) is 13.3 Å². The van der Waals surface area contributed by atoms with Gasteiger partial charge in [0.15, 0.2) is 6.61 Å². The predicted octanol–water partition coefficient (Wildman–Crippen LogP) is 2.25. The lowest BCUT2D eigenvalue weighted by Crippen LogP contribution is -2.36. The fraction of sp³-hybridized carbons (Fsp3) is 0.824. The smallest absolute Gasteiger partial charge is 0.431 e. The van der Waals surface area contributed by atoms with Crippen LogP contribution in [-0.4, -0.2) is 50.0 Å². The Labute approximate surface area is 155 Å². The highest BCUT2D eigenvalue weighted by Crippen LogP contribution is 2.10. The minimum Gasteiger partial charge on any atom is -0.446 e. The highest BCUT2D eigenvalue weighted by Gasteiger charge is 2.16. The summed E-state index contributed by atoms with van der Waals surface area (Å²) in [7, 11) is 1.53. The summed E-state index contributed by atoms with van der Waals surface area (Å²) in [5, 5.41) is 5.13. The number of ether oxygens (including phenoxy) is 2. The standard InChI is InChI=1S/C17H33N3O6/c1-6-13(25-15(22)18-5)10-8-7-9-11-19-14(21)12-24-20-16(23)26-17(2,3)4/h13H,6-12H2,1-5H3,(H,18,22)(H,19,21)(H,20,23). The maximum absolute atomic E-state index is 11.6. The summed E-state index contributed by atoms with van der Waals surface area (Å²) in [4.78, 5) is 38.8. The van der Waals surface area contributed by atoms with Crippen LogP contribution in [0.1, 0.15) is 59.8 Å². The largest absolute Gasteiger partial charge is 0.446 e. The highest BCUT2D eigenvalue weighted by atomic mass is 16.7. The Kier molecular flexibility index (Phi) is 12.2. The third kappa shape index (κ3) is 14.3. The van der Waals surface area contributed by atoms with Crippen LogP contribution in [0.15, 0.2) is 0 Å². The molecule has 0 saturated carbocycles. The van der Waals surface area contributed by atoms with Crippen LogP contribution in [0.3, 0.4) is 0 Å². The first kappa shape index (κ1) is 24.0. The molecule has 26 heavy (non-hydrogen) atoms. The van der Waals surface area contributed by atoms with Crippen LogP contribution in [0.2, 0.25) is 0 Å². The number of unbranched alkanes of at least 4 members (excludes halogenated alkanes) is 2. The molecule has 0 fully saturated rings. The van der Waals surface area contributed by atoms with Crippen molar-refractivity contribution in [1.29, 1.82) is 0 Å². The average Bonchev–Trinajstić information content (AvgIpc) is 2.54. The first-order valence-corrected chi connectivity index (χ1v) is 8.93. The summed E-state index contributed by atoms with van der Waals surface area (Å²) in [5.41, 5.74) is 1.42. The van der Waals surface area contributed by atoms with Crippen LogP contribution >= 0.6 is 0 Å². The van der Waals surface area contributed by atoms with Gasteiger partial charge < -0.3 is 20.1 Å². The van der Waals surface area contributed by atoms with Gasteiger partial charge in [-0.25, -0.2) is 9.59 Å². The molecule has 0 spiro atoms. The molecule has 0 aromatic carbocycles. The van der Waals surface area contributed by atoms with Crippen LogP contribution in [0, 0.1) is 0 Å². The van der Waals surface area contributed by atoms with Gasteiger partial charge in [0.05, 0.1) is 0 Å². The summed E-state index contributed by atoms with van der Waals surface area (Å²) < 4.78 is 10.2. The first-order chi connectivity index (χ1) is 12.2. The lowest BCUT2D eigenvalue weighted by atomic mass is 10.1. The molecule has 9 heteroatoms. The van der Waals surface area contributed by atoms with Gasteiger partial charge in [0, 0.05) is 13.6 Å². The minimum atomic E-state index is -0.741. The van der Waals surface area contributed by atoms with Crippen molar-refractivity contribution < 1.29 is 28.7 Å². The molecule has 152 valence electrons. The van der Waals surface area contributed by atoms with E-state index >= 15 is 0 Å². The predicted molar refractivity (Wildman–Crippen MR) is 96.4 cm³/mol. The van der Waals surface area contributed by atoms with Crippen LogP contribution < -0.4 is 16.1 Å². The van der Waals surface area contributed by atoms with Crippen molar-refractivity contribution in [1.82, 2.24) is 16.1 Å². The van der Waals surface area contributed by atoms with E-state index in [0.717, 1.165) is 32.1 Å². The normalized spacial score (nSPS) is 12.0. The second kappa shape index (κ2) is 13.2. The Bertz CT molecular complexity index is 437. The summed E-state index contributed by atoms with van der Waals surface area (Å²) in [6.45, 7) is 7.39. The van der Waals surface area contributed by atoms with Gasteiger partial charge in [0.2, 0.25) is 5.91 Å². The van der Waals surface area contributed by atoms with Gasteiger partial charge in [0.1, 0.15) is 11.7 Å². The lowest BCUT2D eigenvalue weighted by molar-refractivity contribution is -0.128. The monoisotopic (exact) mass is 375 g/mol. The number of alkyl carbamates (subject to hydrolysis) is 1. The van der Waals surface area contributed by atoms with Crippen LogP contribution in [-0.2, 0) is 19.1 Å². The van der Waals surface area contributed by atoms with Crippen LogP contribution in [0.25, 0.3) is 0 Å². The van der Waals surface area contributed by atoms with Gasteiger partial charge >= 0.3 is 12.2 Å². The van der Waals surface area contributed by atoms with Gasteiger partial charge in [-0.3, -0.25) is 9.63 Å². The molecule has 0 heterocycles. The third-order valence-electron chi connectivity index (χ3n) is 3.22. The topological polar surface area (TPSA) is 115 Å².